The van der Waals surface area contributed by atoms with Crippen LogP contribution in [0.4, 0.5) is 15.8 Å². The minimum atomic E-state index is -0.865. The monoisotopic (exact) mass is 378 g/mol. The van der Waals surface area contributed by atoms with Gasteiger partial charge in [-0.25, -0.2) is 4.39 Å². The van der Waals surface area contributed by atoms with E-state index in [0.29, 0.717) is 29.3 Å². The van der Waals surface area contributed by atoms with Crippen molar-refractivity contribution in [3.63, 3.8) is 0 Å². The average molecular weight is 378 g/mol. The normalized spacial score (nSPS) is 17.5. The first-order valence-electron chi connectivity index (χ1n) is 9.06. The fourth-order valence-electron chi connectivity index (χ4n) is 3.38. The highest BCUT2D eigenvalue weighted by molar-refractivity contribution is 6.11. The number of hydrogen-bond acceptors (Lipinski definition) is 4. The van der Waals surface area contributed by atoms with E-state index in [4.69, 9.17) is 0 Å². The molecule has 28 heavy (non-hydrogen) atoms. The highest BCUT2D eigenvalue weighted by atomic mass is 19.1. The Morgan fingerprint density at radius 3 is 2.89 bits per heavy atom. The second-order valence-corrected chi connectivity index (χ2v) is 6.53. The number of nitrogens with one attached hydrogen (secondary N) is 2. The highest BCUT2D eigenvalue weighted by Gasteiger charge is 2.38. The number of para-hydroxylation sites is 1. The lowest BCUT2D eigenvalue weighted by molar-refractivity contribution is -0.122. The third kappa shape index (κ3) is 3.51. The standard InChI is InChI=1S/C21H19FN4O2/c22-14-6-5-7-15(12-14)26(19(27)13-24-18-10-3-4-11-23-18)20-16-8-1-2-9-17(16)25-21(20)28/h1-3,5-10,12,20H,4,11,13H2,(H,23,24)(H,25,28). The number of rotatable bonds is 4. The molecule has 2 aromatic rings. The molecule has 7 heteroatoms. The molecule has 0 aromatic heterocycles. The number of benzene rings is 2. The summed E-state index contributed by atoms with van der Waals surface area (Å²) in [5, 5.41) is 5.79. The Bertz CT molecular complexity index is 986. The summed E-state index contributed by atoms with van der Waals surface area (Å²) >= 11 is 0. The van der Waals surface area contributed by atoms with E-state index in [1.54, 1.807) is 24.3 Å². The van der Waals surface area contributed by atoms with Gasteiger partial charge >= 0.3 is 0 Å². The van der Waals surface area contributed by atoms with Crippen LogP contribution >= 0.6 is 0 Å². The summed E-state index contributed by atoms with van der Waals surface area (Å²) in [5.74, 6) is -0.539. The van der Waals surface area contributed by atoms with Gasteiger partial charge in [0.1, 0.15) is 17.7 Å². The van der Waals surface area contributed by atoms with E-state index in [1.807, 2.05) is 18.2 Å². The SMILES string of the molecule is O=C1Nc2ccccc2C1N(C(=O)CNC1=NCCC=C1)c1cccc(F)c1. The minimum absolute atomic E-state index is 0.0639. The van der Waals surface area contributed by atoms with E-state index in [2.05, 4.69) is 15.6 Å². The van der Waals surface area contributed by atoms with Crippen molar-refractivity contribution in [3.05, 3.63) is 72.1 Å². The molecule has 2 aromatic carbocycles. The van der Waals surface area contributed by atoms with Crippen LogP contribution in [0.25, 0.3) is 0 Å². The third-order valence-electron chi connectivity index (χ3n) is 4.65. The quantitative estimate of drug-likeness (QED) is 0.859. The first-order chi connectivity index (χ1) is 13.6. The van der Waals surface area contributed by atoms with Gasteiger partial charge < -0.3 is 10.6 Å². The van der Waals surface area contributed by atoms with Crippen molar-refractivity contribution in [1.82, 2.24) is 5.32 Å². The summed E-state index contributed by atoms with van der Waals surface area (Å²) in [4.78, 5) is 31.5. The molecule has 6 nitrogen and oxygen atoms in total. The third-order valence-corrected chi connectivity index (χ3v) is 4.65. The topological polar surface area (TPSA) is 73.8 Å². The minimum Gasteiger partial charge on any atom is -0.361 e. The van der Waals surface area contributed by atoms with Gasteiger partial charge in [0.25, 0.3) is 5.91 Å². The highest BCUT2D eigenvalue weighted by Crippen LogP contribution is 2.37. The van der Waals surface area contributed by atoms with E-state index in [1.165, 1.54) is 23.1 Å². The fourth-order valence-corrected chi connectivity index (χ4v) is 3.38. The van der Waals surface area contributed by atoms with Gasteiger partial charge in [-0.2, -0.15) is 0 Å². The number of fused-ring (bicyclic) bond motifs is 1. The second kappa shape index (κ2) is 7.64. The largest absolute Gasteiger partial charge is 0.361 e. The van der Waals surface area contributed by atoms with Crippen LogP contribution in [-0.2, 0) is 9.59 Å². The lowest BCUT2D eigenvalue weighted by atomic mass is 10.1. The van der Waals surface area contributed by atoms with Crippen LogP contribution in [0.1, 0.15) is 18.0 Å². The number of carbonyl (C=O) groups excluding carboxylic acids is 2. The molecule has 142 valence electrons. The summed E-state index contributed by atoms with van der Waals surface area (Å²) in [6.45, 7) is 0.602. The lowest BCUT2D eigenvalue weighted by Gasteiger charge is -2.28. The summed E-state index contributed by atoms with van der Waals surface area (Å²) < 4.78 is 13.9. The summed E-state index contributed by atoms with van der Waals surface area (Å²) in [6, 6.07) is 12.0. The van der Waals surface area contributed by atoms with Gasteiger partial charge in [0.15, 0.2) is 0 Å². The van der Waals surface area contributed by atoms with E-state index < -0.39 is 11.9 Å². The predicted octanol–water partition coefficient (Wildman–Crippen LogP) is 2.80. The maximum absolute atomic E-state index is 13.9. The van der Waals surface area contributed by atoms with Gasteiger partial charge in [-0.15, -0.1) is 0 Å². The Morgan fingerprint density at radius 2 is 2.11 bits per heavy atom. The number of halogens is 1. The van der Waals surface area contributed by atoms with E-state index in [-0.39, 0.29) is 18.4 Å². The van der Waals surface area contributed by atoms with Crippen LogP contribution < -0.4 is 15.5 Å². The Labute approximate surface area is 161 Å². The van der Waals surface area contributed by atoms with E-state index in [0.717, 1.165) is 6.42 Å². The number of anilines is 2. The van der Waals surface area contributed by atoms with Gasteiger partial charge in [-0.05, 0) is 36.8 Å². The summed E-state index contributed by atoms with van der Waals surface area (Å²) in [7, 11) is 0. The zero-order chi connectivity index (χ0) is 19.5. The molecule has 0 aliphatic carbocycles. The van der Waals surface area contributed by atoms with Crippen LogP contribution in [0.5, 0.6) is 0 Å². The van der Waals surface area contributed by atoms with Gasteiger partial charge in [0.2, 0.25) is 5.91 Å². The summed E-state index contributed by atoms with van der Waals surface area (Å²) in [6.07, 6.45) is 4.67. The van der Waals surface area contributed by atoms with E-state index >= 15 is 0 Å². The Hall–Kier alpha value is -3.48. The van der Waals surface area contributed by atoms with Gasteiger partial charge in [0.05, 0.1) is 6.54 Å². The number of amides is 2. The number of carbonyl (C=O) groups is 2. The van der Waals surface area contributed by atoms with Crippen LogP contribution in [0, 0.1) is 5.82 Å². The van der Waals surface area contributed by atoms with Crippen LogP contribution in [0.2, 0.25) is 0 Å². The van der Waals surface area contributed by atoms with Crippen molar-refractivity contribution in [2.24, 2.45) is 4.99 Å². The second-order valence-electron chi connectivity index (χ2n) is 6.53. The van der Waals surface area contributed by atoms with Gasteiger partial charge in [-0.3, -0.25) is 19.5 Å². The molecule has 0 saturated heterocycles. The van der Waals surface area contributed by atoms with Crippen molar-refractivity contribution >= 4 is 29.0 Å². The molecule has 1 atom stereocenters. The average Bonchev–Trinajstić information content (AvgIpc) is 3.03. The fraction of sp³-hybridized carbons (Fsp3) is 0.190. The van der Waals surface area contributed by atoms with Crippen molar-refractivity contribution in [2.45, 2.75) is 12.5 Å². The van der Waals surface area contributed by atoms with Crippen molar-refractivity contribution < 1.29 is 14.0 Å². The van der Waals surface area contributed by atoms with Crippen LogP contribution in [-0.4, -0.2) is 30.7 Å². The predicted molar refractivity (Wildman–Crippen MR) is 106 cm³/mol. The molecule has 1 unspecified atom stereocenters. The number of dihydropyridines is 1. The van der Waals surface area contributed by atoms with Crippen molar-refractivity contribution in [2.75, 3.05) is 23.3 Å². The zero-order valence-corrected chi connectivity index (χ0v) is 15.1. The molecular formula is C21H19FN4O2. The number of hydrogen-bond donors (Lipinski definition) is 2. The number of amidine groups is 1. The Balaban J connectivity index is 1.66. The molecule has 0 fully saturated rings. The maximum Gasteiger partial charge on any atom is 0.252 e. The smallest absolute Gasteiger partial charge is 0.252 e. The van der Waals surface area contributed by atoms with Gasteiger partial charge in [-0.1, -0.05) is 30.3 Å². The molecule has 2 heterocycles. The Kier molecular flexibility index (Phi) is 4.89. The molecule has 4 rings (SSSR count). The molecule has 2 aliphatic heterocycles. The van der Waals surface area contributed by atoms with Crippen molar-refractivity contribution in [3.8, 4) is 0 Å². The first kappa shape index (κ1) is 17.9. The molecule has 0 saturated carbocycles. The molecule has 2 N–H and O–H groups in total. The summed E-state index contributed by atoms with van der Waals surface area (Å²) in [5.41, 5.74) is 1.66. The molecule has 2 aliphatic rings. The molecule has 2 amide bonds. The van der Waals surface area contributed by atoms with Gasteiger partial charge in [0, 0.05) is 23.5 Å². The molecule has 0 radical (unpaired) electrons. The maximum atomic E-state index is 13.9. The molecular weight excluding hydrogens is 359 g/mol. The Morgan fingerprint density at radius 1 is 1.25 bits per heavy atom. The van der Waals surface area contributed by atoms with Crippen LogP contribution in [0.15, 0.2) is 65.7 Å². The number of nitrogens with zero attached hydrogens (tertiary/aromatic N) is 2. The molecule has 0 spiro atoms. The van der Waals surface area contributed by atoms with E-state index in [9.17, 15) is 14.0 Å². The molecule has 0 bridgehead atoms. The van der Waals surface area contributed by atoms with Crippen molar-refractivity contribution in [1.29, 1.82) is 0 Å². The first-order valence-corrected chi connectivity index (χ1v) is 9.06. The zero-order valence-electron chi connectivity index (χ0n) is 15.1. The number of aliphatic imine (C=N–C) groups is 1. The van der Waals surface area contributed by atoms with Crippen LogP contribution in [0.3, 0.4) is 0 Å². The lowest BCUT2D eigenvalue weighted by Crippen LogP contribution is -2.44.